The third-order valence-corrected chi connectivity index (χ3v) is 4.22. The molecule has 2 heterocycles. The third-order valence-electron chi connectivity index (χ3n) is 3.40. The van der Waals surface area contributed by atoms with Gasteiger partial charge in [0.1, 0.15) is 5.71 Å². The molecular weight excluding hydrogens is 276 g/mol. The molecule has 0 atom stereocenters. The number of nitrogens with one attached hydrogen (secondary N) is 1. The zero-order valence-electron chi connectivity index (χ0n) is 11.3. The molecule has 6 nitrogen and oxygen atoms in total. The van der Waals surface area contributed by atoms with Crippen molar-refractivity contribution in [1.82, 2.24) is 15.3 Å². The lowest BCUT2D eigenvalue weighted by molar-refractivity contribution is -0.125. The Bertz CT molecular complexity index is 577. The van der Waals surface area contributed by atoms with Gasteiger partial charge in [-0.3, -0.25) is 9.59 Å². The summed E-state index contributed by atoms with van der Waals surface area (Å²) in [4.78, 5) is 29.9. The highest BCUT2D eigenvalue weighted by atomic mass is 32.1. The Kier molecular flexibility index (Phi) is 3.52. The van der Waals surface area contributed by atoms with Gasteiger partial charge < -0.3 is 4.90 Å². The van der Waals surface area contributed by atoms with Crippen molar-refractivity contribution in [3.63, 3.8) is 0 Å². The van der Waals surface area contributed by atoms with E-state index in [0.29, 0.717) is 31.1 Å². The lowest BCUT2D eigenvalue weighted by atomic mass is 10.1. The number of aromatic nitrogens is 1. The maximum absolute atomic E-state index is 12.5. The predicted molar refractivity (Wildman–Crippen MR) is 75.2 cm³/mol. The van der Waals surface area contributed by atoms with Crippen LogP contribution in [0.15, 0.2) is 10.5 Å². The van der Waals surface area contributed by atoms with Crippen LogP contribution >= 0.6 is 11.3 Å². The van der Waals surface area contributed by atoms with E-state index in [9.17, 15) is 9.59 Å². The van der Waals surface area contributed by atoms with E-state index in [4.69, 9.17) is 0 Å². The second kappa shape index (κ2) is 5.32. The molecule has 2 amide bonds. The maximum Gasteiger partial charge on any atom is 0.270 e. The van der Waals surface area contributed by atoms with E-state index in [0.717, 1.165) is 23.5 Å². The Morgan fingerprint density at radius 3 is 2.85 bits per heavy atom. The molecule has 1 N–H and O–H groups in total. The first-order chi connectivity index (χ1) is 9.63. The Hall–Kier alpha value is -1.76. The molecular formula is C13H16N4O2S. The average molecular weight is 292 g/mol. The summed E-state index contributed by atoms with van der Waals surface area (Å²) in [5.41, 5.74) is 3.76. The first-order valence-electron chi connectivity index (χ1n) is 6.71. The third kappa shape index (κ3) is 2.87. The topological polar surface area (TPSA) is 74.7 Å². The molecule has 1 aromatic heterocycles. The number of hydrogen-bond acceptors (Lipinski definition) is 5. The van der Waals surface area contributed by atoms with Crippen molar-refractivity contribution < 1.29 is 9.59 Å². The van der Waals surface area contributed by atoms with Crippen LogP contribution < -0.4 is 5.43 Å². The minimum atomic E-state index is -0.130. The number of aryl methyl sites for hydroxylation is 1. The van der Waals surface area contributed by atoms with Crippen LogP contribution in [0.2, 0.25) is 0 Å². The van der Waals surface area contributed by atoms with E-state index in [-0.39, 0.29) is 11.8 Å². The van der Waals surface area contributed by atoms with Crippen LogP contribution in [0.25, 0.3) is 0 Å². The summed E-state index contributed by atoms with van der Waals surface area (Å²) in [5.74, 6) is -0.201. The molecule has 1 aliphatic heterocycles. The number of carbonyl (C=O) groups excluding carboxylic acids is 2. The molecule has 0 aromatic carbocycles. The van der Waals surface area contributed by atoms with Crippen LogP contribution in [-0.4, -0.2) is 33.5 Å². The fourth-order valence-electron chi connectivity index (χ4n) is 2.20. The summed E-state index contributed by atoms with van der Waals surface area (Å²) in [6.45, 7) is 2.49. The molecule has 1 aliphatic carbocycles. The van der Waals surface area contributed by atoms with Gasteiger partial charge in [-0.25, -0.2) is 10.4 Å². The predicted octanol–water partition coefficient (Wildman–Crippen LogP) is 1.21. The van der Waals surface area contributed by atoms with Crippen molar-refractivity contribution in [2.45, 2.75) is 45.2 Å². The zero-order valence-corrected chi connectivity index (χ0v) is 12.1. The number of nitrogens with zero attached hydrogens (tertiary/aromatic N) is 3. The van der Waals surface area contributed by atoms with Gasteiger partial charge in [-0.2, -0.15) is 5.10 Å². The van der Waals surface area contributed by atoms with Crippen LogP contribution in [0.5, 0.6) is 0 Å². The smallest absolute Gasteiger partial charge is 0.270 e. The molecule has 0 saturated heterocycles. The Balaban J connectivity index is 1.73. The molecule has 0 bridgehead atoms. The molecule has 2 aliphatic rings. The van der Waals surface area contributed by atoms with Crippen molar-refractivity contribution in [3.8, 4) is 0 Å². The van der Waals surface area contributed by atoms with Crippen LogP contribution in [0.1, 0.15) is 36.4 Å². The minimum Gasteiger partial charge on any atom is -0.329 e. The van der Waals surface area contributed by atoms with Crippen LogP contribution in [0.4, 0.5) is 0 Å². The molecule has 20 heavy (non-hydrogen) atoms. The molecule has 1 fully saturated rings. The van der Waals surface area contributed by atoms with E-state index in [2.05, 4.69) is 15.5 Å². The number of carbonyl (C=O) groups is 2. The lowest BCUT2D eigenvalue weighted by Crippen LogP contribution is -2.41. The van der Waals surface area contributed by atoms with E-state index in [1.807, 2.05) is 17.2 Å². The van der Waals surface area contributed by atoms with E-state index in [1.165, 1.54) is 0 Å². The number of amides is 2. The van der Waals surface area contributed by atoms with Gasteiger partial charge in [-0.15, -0.1) is 11.3 Å². The molecule has 0 spiro atoms. The van der Waals surface area contributed by atoms with Crippen molar-refractivity contribution in [3.05, 3.63) is 16.1 Å². The summed E-state index contributed by atoms with van der Waals surface area (Å²) in [6.07, 6.45) is 2.83. The monoisotopic (exact) mass is 292 g/mol. The summed E-state index contributed by atoms with van der Waals surface area (Å²) >= 11 is 1.59. The first kappa shape index (κ1) is 13.2. The first-order valence-corrected chi connectivity index (χ1v) is 7.59. The number of rotatable bonds is 4. The SMILES string of the molecule is Cc1nc(CN(C(=O)C2=NNC(=O)CC2)C2CC2)cs1. The van der Waals surface area contributed by atoms with Crippen molar-refractivity contribution in [1.29, 1.82) is 0 Å². The van der Waals surface area contributed by atoms with E-state index < -0.39 is 0 Å². The standard InChI is InChI=1S/C13H16N4O2S/c1-8-14-9(7-20-8)6-17(10-2-3-10)13(19)11-4-5-12(18)16-15-11/h7,10H,2-6H2,1H3,(H,16,18). The average Bonchev–Trinajstić information content (AvgIpc) is 3.19. The van der Waals surface area contributed by atoms with Crippen LogP contribution in [-0.2, 0) is 16.1 Å². The Morgan fingerprint density at radius 1 is 1.50 bits per heavy atom. The van der Waals surface area contributed by atoms with Crippen molar-refractivity contribution in [2.24, 2.45) is 5.10 Å². The lowest BCUT2D eigenvalue weighted by Gasteiger charge is -2.23. The highest BCUT2D eigenvalue weighted by molar-refractivity contribution is 7.09. The quantitative estimate of drug-likeness (QED) is 0.906. The van der Waals surface area contributed by atoms with Gasteiger partial charge >= 0.3 is 0 Å². The molecule has 1 saturated carbocycles. The molecule has 0 unspecified atom stereocenters. The second-order valence-electron chi connectivity index (χ2n) is 5.12. The molecule has 3 rings (SSSR count). The van der Waals surface area contributed by atoms with Crippen molar-refractivity contribution in [2.75, 3.05) is 0 Å². The van der Waals surface area contributed by atoms with Crippen LogP contribution in [0.3, 0.4) is 0 Å². The Labute approximate surface area is 120 Å². The van der Waals surface area contributed by atoms with E-state index in [1.54, 1.807) is 11.3 Å². The fraction of sp³-hybridized carbons (Fsp3) is 0.538. The van der Waals surface area contributed by atoms with Crippen molar-refractivity contribution >= 4 is 28.9 Å². The van der Waals surface area contributed by atoms with E-state index >= 15 is 0 Å². The van der Waals surface area contributed by atoms with Gasteiger partial charge in [0.2, 0.25) is 5.91 Å². The molecule has 106 valence electrons. The fourth-order valence-corrected chi connectivity index (χ4v) is 2.81. The minimum absolute atomic E-state index is 0.0712. The highest BCUT2D eigenvalue weighted by Crippen LogP contribution is 2.29. The summed E-state index contributed by atoms with van der Waals surface area (Å²) in [6, 6.07) is 0.296. The second-order valence-corrected chi connectivity index (χ2v) is 6.18. The molecule has 7 heteroatoms. The largest absolute Gasteiger partial charge is 0.329 e. The summed E-state index contributed by atoms with van der Waals surface area (Å²) in [5, 5.41) is 6.89. The van der Waals surface area contributed by atoms with Gasteiger partial charge in [-0.05, 0) is 19.8 Å². The van der Waals surface area contributed by atoms with Gasteiger partial charge in [0.05, 0.1) is 17.2 Å². The van der Waals surface area contributed by atoms with Gasteiger partial charge in [0.15, 0.2) is 0 Å². The number of thiazole rings is 1. The number of hydrazone groups is 1. The molecule has 1 aromatic rings. The maximum atomic E-state index is 12.5. The van der Waals surface area contributed by atoms with Crippen LogP contribution in [0, 0.1) is 6.92 Å². The zero-order chi connectivity index (χ0) is 14.1. The molecule has 0 radical (unpaired) electrons. The van der Waals surface area contributed by atoms with Gasteiger partial charge in [0, 0.05) is 24.3 Å². The Morgan fingerprint density at radius 2 is 2.30 bits per heavy atom. The summed E-state index contributed by atoms with van der Waals surface area (Å²) in [7, 11) is 0. The van der Waals surface area contributed by atoms with Gasteiger partial charge in [0.25, 0.3) is 5.91 Å². The number of hydrogen-bond donors (Lipinski definition) is 1. The summed E-state index contributed by atoms with van der Waals surface area (Å²) < 4.78 is 0. The highest BCUT2D eigenvalue weighted by Gasteiger charge is 2.35. The normalized spacial score (nSPS) is 18.4. The van der Waals surface area contributed by atoms with Gasteiger partial charge in [-0.1, -0.05) is 0 Å².